The van der Waals surface area contributed by atoms with Gasteiger partial charge < -0.3 is 10.1 Å². The summed E-state index contributed by atoms with van der Waals surface area (Å²) < 4.78 is 5.11. The van der Waals surface area contributed by atoms with Gasteiger partial charge in [-0.2, -0.15) is 5.26 Å². The van der Waals surface area contributed by atoms with Crippen LogP contribution in [0.15, 0.2) is 48.5 Å². The molecule has 1 atom stereocenters. The van der Waals surface area contributed by atoms with E-state index < -0.39 is 6.04 Å². The van der Waals surface area contributed by atoms with Crippen LogP contribution in [-0.4, -0.2) is 7.11 Å². The van der Waals surface area contributed by atoms with E-state index in [1.165, 1.54) is 0 Å². The Balaban J connectivity index is 2.23. The van der Waals surface area contributed by atoms with Crippen molar-refractivity contribution in [3.8, 4) is 6.07 Å². The molecule has 0 bridgehead atoms. The Bertz CT molecular complexity index is 622. The molecule has 2 aromatic rings. The van der Waals surface area contributed by atoms with Crippen molar-refractivity contribution >= 4 is 17.3 Å². The molecule has 0 aromatic heterocycles. The van der Waals surface area contributed by atoms with Gasteiger partial charge in [-0.3, -0.25) is 0 Å². The number of nitrogens with zero attached hydrogens (tertiary/aromatic N) is 1. The molecule has 0 spiro atoms. The van der Waals surface area contributed by atoms with E-state index in [1.54, 1.807) is 13.2 Å². The maximum absolute atomic E-state index is 9.37. The number of ether oxygens (including phenoxy) is 1. The van der Waals surface area contributed by atoms with E-state index in [0.717, 1.165) is 16.8 Å². The van der Waals surface area contributed by atoms with Crippen molar-refractivity contribution in [3.05, 3.63) is 64.7 Å². The van der Waals surface area contributed by atoms with Crippen LogP contribution in [0.1, 0.15) is 17.2 Å². The van der Waals surface area contributed by atoms with Gasteiger partial charge in [-0.1, -0.05) is 48.0 Å². The van der Waals surface area contributed by atoms with E-state index in [0.29, 0.717) is 11.6 Å². The molecule has 0 aliphatic heterocycles. The monoisotopic (exact) mass is 286 g/mol. The second-order valence-electron chi connectivity index (χ2n) is 4.36. The number of hydrogen-bond acceptors (Lipinski definition) is 3. The highest BCUT2D eigenvalue weighted by Crippen LogP contribution is 2.26. The summed E-state index contributed by atoms with van der Waals surface area (Å²) in [5.74, 6) is 0. The van der Waals surface area contributed by atoms with Crippen molar-refractivity contribution in [2.75, 3.05) is 12.4 Å². The average molecular weight is 287 g/mol. The molecule has 2 rings (SSSR count). The van der Waals surface area contributed by atoms with Gasteiger partial charge in [0.2, 0.25) is 0 Å². The minimum Gasteiger partial charge on any atom is -0.380 e. The number of rotatable bonds is 5. The van der Waals surface area contributed by atoms with Gasteiger partial charge in [0.15, 0.2) is 0 Å². The molecule has 2 aromatic carbocycles. The van der Waals surface area contributed by atoms with Crippen molar-refractivity contribution in [1.29, 1.82) is 5.26 Å². The lowest BCUT2D eigenvalue weighted by molar-refractivity contribution is 0.185. The number of nitriles is 1. The molecule has 1 unspecified atom stereocenters. The third-order valence-corrected chi connectivity index (χ3v) is 3.23. The Morgan fingerprint density at radius 2 is 2.05 bits per heavy atom. The highest BCUT2D eigenvalue weighted by molar-refractivity contribution is 6.33. The first-order valence-corrected chi connectivity index (χ1v) is 6.61. The Morgan fingerprint density at radius 1 is 1.25 bits per heavy atom. The van der Waals surface area contributed by atoms with Crippen molar-refractivity contribution in [2.45, 2.75) is 12.6 Å². The number of methoxy groups -OCH3 is 1. The topological polar surface area (TPSA) is 45.0 Å². The first kappa shape index (κ1) is 14.4. The van der Waals surface area contributed by atoms with Crippen LogP contribution in [0.2, 0.25) is 5.02 Å². The first-order valence-electron chi connectivity index (χ1n) is 6.23. The molecule has 4 heteroatoms. The van der Waals surface area contributed by atoms with Gasteiger partial charge in [0.05, 0.1) is 23.4 Å². The van der Waals surface area contributed by atoms with Crippen molar-refractivity contribution in [2.24, 2.45) is 0 Å². The SMILES string of the molecule is COCc1cccc(C(C#N)Nc2ccccc2Cl)c1. The molecule has 0 aliphatic carbocycles. The minimum atomic E-state index is -0.452. The highest BCUT2D eigenvalue weighted by atomic mass is 35.5. The van der Waals surface area contributed by atoms with Crippen LogP contribution < -0.4 is 5.32 Å². The molecule has 0 saturated heterocycles. The summed E-state index contributed by atoms with van der Waals surface area (Å²) >= 11 is 6.10. The third-order valence-electron chi connectivity index (χ3n) is 2.90. The molecule has 0 aliphatic rings. The number of benzene rings is 2. The second-order valence-corrected chi connectivity index (χ2v) is 4.77. The van der Waals surface area contributed by atoms with Crippen molar-refractivity contribution in [1.82, 2.24) is 0 Å². The summed E-state index contributed by atoms with van der Waals surface area (Å²) in [6.45, 7) is 0.526. The van der Waals surface area contributed by atoms with Crippen molar-refractivity contribution < 1.29 is 4.74 Å². The van der Waals surface area contributed by atoms with Crippen LogP contribution >= 0.6 is 11.6 Å². The molecule has 102 valence electrons. The van der Waals surface area contributed by atoms with Gasteiger partial charge in [0.1, 0.15) is 6.04 Å². The van der Waals surface area contributed by atoms with Gasteiger partial charge in [0.25, 0.3) is 0 Å². The summed E-state index contributed by atoms with van der Waals surface area (Å²) in [6.07, 6.45) is 0. The lowest BCUT2D eigenvalue weighted by atomic mass is 10.0. The standard InChI is InChI=1S/C16H15ClN2O/c1-20-11-12-5-4-6-13(9-12)16(10-18)19-15-8-3-2-7-14(15)17/h2-9,16,19H,11H2,1H3. The molecule has 0 saturated carbocycles. The normalized spacial score (nSPS) is 11.7. The number of anilines is 1. The summed E-state index contributed by atoms with van der Waals surface area (Å²) in [6, 6.07) is 16.9. The Kier molecular flexibility index (Phi) is 5.00. The van der Waals surface area contributed by atoms with E-state index in [1.807, 2.05) is 42.5 Å². The van der Waals surface area contributed by atoms with E-state index in [4.69, 9.17) is 16.3 Å². The number of hydrogen-bond donors (Lipinski definition) is 1. The van der Waals surface area contributed by atoms with Crippen LogP contribution in [0.3, 0.4) is 0 Å². The minimum absolute atomic E-state index is 0.452. The molecular formula is C16H15ClN2O. The summed E-state index contributed by atoms with van der Waals surface area (Å²) in [4.78, 5) is 0. The van der Waals surface area contributed by atoms with Gasteiger partial charge in [-0.05, 0) is 23.3 Å². The number of halogens is 1. The maximum Gasteiger partial charge on any atom is 0.140 e. The Labute approximate surface area is 123 Å². The lowest BCUT2D eigenvalue weighted by Crippen LogP contribution is -2.09. The van der Waals surface area contributed by atoms with Crippen LogP contribution in [0.25, 0.3) is 0 Å². The zero-order valence-electron chi connectivity index (χ0n) is 11.1. The molecule has 0 radical (unpaired) electrons. The van der Waals surface area contributed by atoms with Gasteiger partial charge in [-0.25, -0.2) is 0 Å². The smallest absolute Gasteiger partial charge is 0.140 e. The molecule has 20 heavy (non-hydrogen) atoms. The number of nitrogens with one attached hydrogen (secondary N) is 1. The molecule has 1 N–H and O–H groups in total. The Morgan fingerprint density at radius 3 is 2.75 bits per heavy atom. The molecule has 0 heterocycles. The second kappa shape index (κ2) is 6.95. The third kappa shape index (κ3) is 3.51. The van der Waals surface area contributed by atoms with Crippen molar-refractivity contribution in [3.63, 3.8) is 0 Å². The Hall–Kier alpha value is -2.02. The van der Waals surface area contributed by atoms with Crippen LogP contribution in [0.5, 0.6) is 0 Å². The fraction of sp³-hybridized carbons (Fsp3) is 0.188. The quantitative estimate of drug-likeness (QED) is 0.897. The van der Waals surface area contributed by atoms with Crippen LogP contribution in [-0.2, 0) is 11.3 Å². The summed E-state index contributed by atoms with van der Waals surface area (Å²) in [5, 5.41) is 13.1. The van der Waals surface area contributed by atoms with Gasteiger partial charge >= 0.3 is 0 Å². The van der Waals surface area contributed by atoms with E-state index >= 15 is 0 Å². The number of para-hydroxylation sites is 1. The highest BCUT2D eigenvalue weighted by Gasteiger charge is 2.12. The zero-order chi connectivity index (χ0) is 14.4. The molecule has 3 nitrogen and oxygen atoms in total. The van der Waals surface area contributed by atoms with E-state index in [2.05, 4.69) is 11.4 Å². The first-order chi connectivity index (χ1) is 9.74. The predicted molar refractivity (Wildman–Crippen MR) is 80.6 cm³/mol. The predicted octanol–water partition coefficient (Wildman–Crippen LogP) is 4.16. The summed E-state index contributed by atoms with van der Waals surface area (Å²) in [5.41, 5.74) is 2.67. The van der Waals surface area contributed by atoms with E-state index in [-0.39, 0.29) is 0 Å². The largest absolute Gasteiger partial charge is 0.380 e. The summed E-state index contributed by atoms with van der Waals surface area (Å²) in [7, 11) is 1.65. The van der Waals surface area contributed by atoms with E-state index in [9.17, 15) is 5.26 Å². The fourth-order valence-electron chi connectivity index (χ4n) is 1.95. The van der Waals surface area contributed by atoms with Crippen LogP contribution in [0.4, 0.5) is 5.69 Å². The zero-order valence-corrected chi connectivity index (χ0v) is 11.9. The van der Waals surface area contributed by atoms with Gasteiger partial charge in [-0.15, -0.1) is 0 Å². The fourth-order valence-corrected chi connectivity index (χ4v) is 2.14. The van der Waals surface area contributed by atoms with Crippen LogP contribution in [0, 0.1) is 11.3 Å². The maximum atomic E-state index is 9.37. The molecule has 0 fully saturated rings. The average Bonchev–Trinajstić information content (AvgIpc) is 2.47. The molecular weight excluding hydrogens is 272 g/mol. The van der Waals surface area contributed by atoms with Gasteiger partial charge in [0, 0.05) is 7.11 Å². The molecule has 0 amide bonds. The lowest BCUT2D eigenvalue weighted by Gasteiger charge is -2.15.